The summed E-state index contributed by atoms with van der Waals surface area (Å²) < 4.78 is 0. The molecule has 3 atom stereocenters. The SMILES string of the molecule is CN(C)CCCN(C)C1CC(C(C)(C)C)CCC1C(=O)O. The third kappa shape index (κ3) is 5.59. The lowest BCUT2D eigenvalue weighted by Crippen LogP contribution is -2.47. The molecule has 0 spiro atoms. The molecule has 0 aromatic rings. The van der Waals surface area contributed by atoms with E-state index < -0.39 is 5.97 Å². The highest BCUT2D eigenvalue weighted by atomic mass is 16.4. The largest absolute Gasteiger partial charge is 0.481 e. The van der Waals surface area contributed by atoms with Gasteiger partial charge in [0.15, 0.2) is 0 Å². The van der Waals surface area contributed by atoms with Gasteiger partial charge >= 0.3 is 5.97 Å². The van der Waals surface area contributed by atoms with Gasteiger partial charge in [0.05, 0.1) is 5.92 Å². The van der Waals surface area contributed by atoms with Crippen molar-refractivity contribution in [1.82, 2.24) is 9.80 Å². The van der Waals surface area contributed by atoms with Gasteiger partial charge in [-0.05, 0) is 71.2 Å². The topological polar surface area (TPSA) is 43.8 Å². The van der Waals surface area contributed by atoms with Crippen LogP contribution in [0.5, 0.6) is 0 Å². The smallest absolute Gasteiger partial charge is 0.308 e. The van der Waals surface area contributed by atoms with E-state index >= 15 is 0 Å². The van der Waals surface area contributed by atoms with Crippen molar-refractivity contribution >= 4 is 5.97 Å². The molecule has 4 nitrogen and oxygen atoms in total. The fourth-order valence-electron chi connectivity index (χ4n) is 3.51. The maximum absolute atomic E-state index is 11.6. The molecule has 0 saturated heterocycles. The van der Waals surface area contributed by atoms with Crippen LogP contribution < -0.4 is 0 Å². The molecule has 0 aromatic heterocycles. The van der Waals surface area contributed by atoms with Crippen LogP contribution in [0.4, 0.5) is 0 Å². The Morgan fingerprint density at radius 1 is 1.14 bits per heavy atom. The predicted molar refractivity (Wildman–Crippen MR) is 87.5 cm³/mol. The van der Waals surface area contributed by atoms with E-state index in [1.165, 1.54) is 0 Å². The van der Waals surface area contributed by atoms with Crippen molar-refractivity contribution in [3.8, 4) is 0 Å². The quantitative estimate of drug-likeness (QED) is 0.819. The maximum atomic E-state index is 11.6. The van der Waals surface area contributed by atoms with Crippen molar-refractivity contribution in [2.45, 2.75) is 52.5 Å². The normalized spacial score (nSPS) is 27.3. The van der Waals surface area contributed by atoms with Crippen LogP contribution in [0.25, 0.3) is 0 Å². The molecule has 1 saturated carbocycles. The van der Waals surface area contributed by atoms with E-state index in [9.17, 15) is 9.90 Å². The average molecular weight is 298 g/mol. The Bertz CT molecular complexity index is 336. The number of aliphatic carboxylic acids is 1. The van der Waals surface area contributed by atoms with E-state index in [2.05, 4.69) is 51.7 Å². The van der Waals surface area contributed by atoms with Crippen LogP contribution >= 0.6 is 0 Å². The third-order valence-electron chi connectivity index (χ3n) is 5.04. The Morgan fingerprint density at radius 2 is 1.76 bits per heavy atom. The van der Waals surface area contributed by atoms with Gasteiger partial charge in [-0.2, -0.15) is 0 Å². The number of hydrogen-bond donors (Lipinski definition) is 1. The van der Waals surface area contributed by atoms with Gasteiger partial charge in [0, 0.05) is 6.04 Å². The third-order valence-corrected chi connectivity index (χ3v) is 5.04. The Balaban J connectivity index is 2.68. The van der Waals surface area contributed by atoms with Crippen LogP contribution in [0.15, 0.2) is 0 Å². The van der Waals surface area contributed by atoms with E-state index in [1.54, 1.807) is 0 Å². The first kappa shape index (κ1) is 18.4. The van der Waals surface area contributed by atoms with Crippen LogP contribution in [0.2, 0.25) is 0 Å². The van der Waals surface area contributed by atoms with E-state index in [0.29, 0.717) is 5.92 Å². The molecule has 0 aromatic carbocycles. The van der Waals surface area contributed by atoms with Crippen LogP contribution in [0.3, 0.4) is 0 Å². The van der Waals surface area contributed by atoms with E-state index in [0.717, 1.165) is 38.8 Å². The molecule has 3 unspecified atom stereocenters. The molecule has 124 valence electrons. The second-order valence-corrected chi connectivity index (χ2v) is 8.03. The molecule has 4 heteroatoms. The Morgan fingerprint density at radius 3 is 2.24 bits per heavy atom. The summed E-state index contributed by atoms with van der Waals surface area (Å²) in [6.07, 6.45) is 3.97. The Labute approximate surface area is 130 Å². The maximum Gasteiger partial charge on any atom is 0.308 e. The fourth-order valence-corrected chi connectivity index (χ4v) is 3.51. The molecule has 1 rings (SSSR count). The van der Waals surface area contributed by atoms with Gasteiger partial charge in [-0.3, -0.25) is 4.79 Å². The summed E-state index contributed by atoms with van der Waals surface area (Å²) in [6.45, 7) is 8.87. The number of hydrogen-bond acceptors (Lipinski definition) is 3. The minimum Gasteiger partial charge on any atom is -0.481 e. The van der Waals surface area contributed by atoms with E-state index in [4.69, 9.17) is 0 Å². The number of carbonyl (C=O) groups is 1. The zero-order valence-corrected chi connectivity index (χ0v) is 14.7. The second-order valence-electron chi connectivity index (χ2n) is 8.03. The Kier molecular flexibility index (Phi) is 6.67. The second kappa shape index (κ2) is 7.59. The molecule has 0 bridgehead atoms. The van der Waals surface area contributed by atoms with E-state index in [1.807, 2.05) is 0 Å². The minimum atomic E-state index is -0.619. The first-order valence-electron chi connectivity index (χ1n) is 8.20. The standard InChI is InChI=1S/C17H34N2O2/c1-17(2,3)13-8-9-14(16(20)21)15(12-13)19(6)11-7-10-18(4)5/h13-15H,7-12H2,1-6H3,(H,20,21). The number of nitrogens with zero attached hydrogens (tertiary/aromatic N) is 2. The number of carboxylic acids is 1. The van der Waals surface area contributed by atoms with Crippen molar-refractivity contribution in [1.29, 1.82) is 0 Å². The van der Waals surface area contributed by atoms with Crippen molar-refractivity contribution in [3.63, 3.8) is 0 Å². The van der Waals surface area contributed by atoms with Crippen molar-refractivity contribution < 1.29 is 9.90 Å². The van der Waals surface area contributed by atoms with Gasteiger partial charge in [0.1, 0.15) is 0 Å². The lowest BCUT2D eigenvalue weighted by molar-refractivity contribution is -0.146. The highest BCUT2D eigenvalue weighted by molar-refractivity contribution is 5.71. The molecule has 0 aliphatic heterocycles. The molecule has 21 heavy (non-hydrogen) atoms. The molecule has 0 amide bonds. The lowest BCUT2D eigenvalue weighted by Gasteiger charge is -2.44. The molecule has 1 aliphatic carbocycles. The zero-order valence-electron chi connectivity index (χ0n) is 14.7. The molecule has 0 heterocycles. The van der Waals surface area contributed by atoms with Crippen LogP contribution in [-0.2, 0) is 4.79 Å². The van der Waals surface area contributed by atoms with Crippen molar-refractivity contribution in [3.05, 3.63) is 0 Å². The van der Waals surface area contributed by atoms with Gasteiger partial charge in [-0.25, -0.2) is 0 Å². The lowest BCUT2D eigenvalue weighted by atomic mass is 9.67. The molecule has 1 aliphatic rings. The van der Waals surface area contributed by atoms with Gasteiger partial charge in [-0.15, -0.1) is 0 Å². The van der Waals surface area contributed by atoms with E-state index in [-0.39, 0.29) is 17.4 Å². The highest BCUT2D eigenvalue weighted by Gasteiger charge is 2.40. The average Bonchev–Trinajstić information content (AvgIpc) is 2.36. The summed E-state index contributed by atoms with van der Waals surface area (Å²) >= 11 is 0. The van der Waals surface area contributed by atoms with Gasteiger partial charge < -0.3 is 14.9 Å². The number of rotatable bonds is 6. The summed E-state index contributed by atoms with van der Waals surface area (Å²) in [5.74, 6) is -0.200. The molecule has 1 fully saturated rings. The summed E-state index contributed by atoms with van der Waals surface area (Å²) in [5.41, 5.74) is 0.270. The summed E-state index contributed by atoms with van der Waals surface area (Å²) in [6, 6.07) is 0.183. The first-order valence-corrected chi connectivity index (χ1v) is 8.20. The van der Waals surface area contributed by atoms with Crippen LogP contribution in [0, 0.1) is 17.3 Å². The molecule has 0 radical (unpaired) electrons. The fraction of sp³-hybridized carbons (Fsp3) is 0.941. The summed E-state index contributed by atoms with van der Waals surface area (Å²) in [5, 5.41) is 9.53. The summed E-state index contributed by atoms with van der Waals surface area (Å²) in [4.78, 5) is 16.0. The van der Waals surface area contributed by atoms with Crippen molar-refractivity contribution in [2.24, 2.45) is 17.3 Å². The van der Waals surface area contributed by atoms with Gasteiger partial charge in [0.2, 0.25) is 0 Å². The Hall–Kier alpha value is -0.610. The van der Waals surface area contributed by atoms with Crippen LogP contribution in [0.1, 0.15) is 46.5 Å². The van der Waals surface area contributed by atoms with Crippen molar-refractivity contribution in [2.75, 3.05) is 34.2 Å². The monoisotopic (exact) mass is 298 g/mol. The summed E-state index contributed by atoms with van der Waals surface area (Å²) in [7, 11) is 6.26. The van der Waals surface area contributed by atoms with Gasteiger partial charge in [0.25, 0.3) is 0 Å². The number of carboxylic acid groups (broad SMARTS) is 1. The minimum absolute atomic E-state index is 0.183. The highest BCUT2D eigenvalue weighted by Crippen LogP contribution is 2.41. The first-order chi connectivity index (χ1) is 9.62. The van der Waals surface area contributed by atoms with Crippen LogP contribution in [-0.4, -0.2) is 61.2 Å². The molecule has 1 N–H and O–H groups in total. The molecular formula is C17H34N2O2. The predicted octanol–water partition coefficient (Wildman–Crippen LogP) is 2.79. The van der Waals surface area contributed by atoms with Gasteiger partial charge in [-0.1, -0.05) is 20.8 Å². The molecular weight excluding hydrogens is 264 g/mol. The zero-order chi connectivity index (χ0) is 16.2.